The molecule has 1 aliphatic heterocycles. The van der Waals surface area contributed by atoms with Gasteiger partial charge in [-0.15, -0.1) is 0 Å². The molecule has 3 heterocycles. The molecule has 0 radical (unpaired) electrons. The number of carbonyl (C=O) groups is 2. The summed E-state index contributed by atoms with van der Waals surface area (Å²) in [5, 5.41) is 0.871. The van der Waals surface area contributed by atoms with Gasteiger partial charge in [0.25, 0.3) is 5.91 Å². The highest BCUT2D eigenvalue weighted by Crippen LogP contribution is 2.44. The molecular formula is C29H22N2O5S. The number of carbonyl (C=O) groups excluding carboxylic acids is 2. The maximum atomic E-state index is 13.8. The molecule has 0 bridgehead atoms. The van der Waals surface area contributed by atoms with Crippen LogP contribution in [0.25, 0.3) is 21.2 Å². The fourth-order valence-corrected chi connectivity index (χ4v) is 5.78. The first-order chi connectivity index (χ1) is 17.9. The Hall–Kier alpha value is -4.30. The van der Waals surface area contributed by atoms with E-state index in [1.54, 1.807) is 48.5 Å². The van der Waals surface area contributed by atoms with Crippen molar-refractivity contribution in [3.05, 3.63) is 105 Å². The third-order valence-corrected chi connectivity index (χ3v) is 7.72. The zero-order valence-corrected chi connectivity index (χ0v) is 21.2. The van der Waals surface area contributed by atoms with Gasteiger partial charge >= 0.3 is 5.97 Å². The number of thiazole rings is 1. The first-order valence-corrected chi connectivity index (χ1v) is 12.7. The molecule has 0 saturated carbocycles. The number of fused-ring (bicyclic) bond motifs is 3. The average molecular weight is 511 g/mol. The van der Waals surface area contributed by atoms with Gasteiger partial charge in [0.05, 0.1) is 39.9 Å². The highest BCUT2D eigenvalue weighted by atomic mass is 32.1. The second-order valence-corrected chi connectivity index (χ2v) is 10.2. The standard InChI is InChI=1S/C29H22N2O5S/c1-15(2)18-12-13-20-22(14-18)37-29(30-20)31-24(16-8-10-17(11-9-16)28(34)35-3)23-25(32)19-6-4-5-7-21(19)36-26(23)27(31)33/h4-15,24H,1-3H3/t24-/m1/s1. The number of anilines is 1. The number of esters is 1. The van der Waals surface area contributed by atoms with Crippen LogP contribution in [0.4, 0.5) is 5.13 Å². The van der Waals surface area contributed by atoms with Gasteiger partial charge < -0.3 is 9.15 Å². The minimum atomic E-state index is -0.764. The topological polar surface area (TPSA) is 89.7 Å². The summed E-state index contributed by atoms with van der Waals surface area (Å²) >= 11 is 1.40. The molecule has 1 aliphatic rings. The Kier molecular flexibility index (Phi) is 5.42. The molecule has 1 atom stereocenters. The predicted molar refractivity (Wildman–Crippen MR) is 143 cm³/mol. The van der Waals surface area contributed by atoms with E-state index in [0.29, 0.717) is 33.1 Å². The molecule has 1 amide bonds. The zero-order chi connectivity index (χ0) is 25.8. The summed E-state index contributed by atoms with van der Waals surface area (Å²) in [6, 6.07) is 18.9. The van der Waals surface area contributed by atoms with Crippen molar-refractivity contribution in [2.24, 2.45) is 0 Å². The summed E-state index contributed by atoms with van der Waals surface area (Å²) in [7, 11) is 1.32. The monoisotopic (exact) mass is 510 g/mol. The van der Waals surface area contributed by atoms with E-state index in [-0.39, 0.29) is 16.8 Å². The fourth-order valence-electron chi connectivity index (χ4n) is 4.74. The minimum absolute atomic E-state index is 0.00729. The number of hydrogen-bond acceptors (Lipinski definition) is 7. The molecule has 3 aromatic carbocycles. The molecule has 2 aromatic heterocycles. The molecule has 0 N–H and O–H groups in total. The second-order valence-electron chi connectivity index (χ2n) is 9.24. The third kappa shape index (κ3) is 3.64. The normalized spacial score (nSPS) is 15.1. The predicted octanol–water partition coefficient (Wildman–Crippen LogP) is 6.06. The van der Waals surface area contributed by atoms with Gasteiger partial charge in [-0.1, -0.05) is 55.5 Å². The minimum Gasteiger partial charge on any atom is -0.465 e. The highest BCUT2D eigenvalue weighted by molar-refractivity contribution is 7.22. The lowest BCUT2D eigenvalue weighted by atomic mass is 9.98. The van der Waals surface area contributed by atoms with Crippen LogP contribution in [-0.2, 0) is 4.74 Å². The Morgan fingerprint density at radius 1 is 1.05 bits per heavy atom. The van der Waals surface area contributed by atoms with E-state index in [4.69, 9.17) is 14.1 Å². The van der Waals surface area contributed by atoms with E-state index in [9.17, 15) is 14.4 Å². The van der Waals surface area contributed by atoms with Crippen LogP contribution < -0.4 is 10.3 Å². The number of hydrogen-bond donors (Lipinski definition) is 0. The number of benzene rings is 3. The number of amides is 1. The molecule has 5 aromatic rings. The van der Waals surface area contributed by atoms with Crippen molar-refractivity contribution in [1.29, 1.82) is 0 Å². The van der Waals surface area contributed by atoms with Crippen LogP contribution in [0.3, 0.4) is 0 Å². The van der Waals surface area contributed by atoms with Crippen molar-refractivity contribution < 1.29 is 18.7 Å². The summed E-state index contributed by atoms with van der Waals surface area (Å²) in [4.78, 5) is 45.8. The van der Waals surface area contributed by atoms with Crippen molar-refractivity contribution in [3.8, 4) is 0 Å². The Bertz CT molecular complexity index is 1770. The van der Waals surface area contributed by atoms with Crippen LogP contribution in [0.15, 0.2) is 75.9 Å². The fraction of sp³-hybridized carbons (Fsp3) is 0.172. The van der Waals surface area contributed by atoms with E-state index >= 15 is 0 Å². The molecule has 0 aliphatic carbocycles. The average Bonchev–Trinajstić information content (AvgIpc) is 3.46. The molecular weight excluding hydrogens is 488 g/mol. The lowest BCUT2D eigenvalue weighted by molar-refractivity contribution is 0.0600. The molecule has 184 valence electrons. The molecule has 37 heavy (non-hydrogen) atoms. The van der Waals surface area contributed by atoms with Gasteiger partial charge in [0.1, 0.15) is 5.58 Å². The summed E-state index contributed by atoms with van der Waals surface area (Å²) in [5.41, 5.74) is 3.33. The zero-order valence-electron chi connectivity index (χ0n) is 20.3. The largest absolute Gasteiger partial charge is 0.465 e. The summed E-state index contributed by atoms with van der Waals surface area (Å²) in [6.45, 7) is 4.25. The van der Waals surface area contributed by atoms with Gasteiger partial charge in [-0.25, -0.2) is 9.78 Å². The molecule has 8 heteroatoms. The molecule has 0 fully saturated rings. The second kappa shape index (κ2) is 8.67. The summed E-state index contributed by atoms with van der Waals surface area (Å²) < 4.78 is 11.8. The van der Waals surface area contributed by atoms with Gasteiger partial charge in [-0.2, -0.15) is 0 Å². The highest BCUT2D eigenvalue weighted by Gasteiger charge is 2.45. The summed E-state index contributed by atoms with van der Waals surface area (Å²) in [6.07, 6.45) is 0. The molecule has 7 nitrogen and oxygen atoms in total. The number of para-hydroxylation sites is 1. The van der Waals surface area contributed by atoms with Crippen molar-refractivity contribution in [3.63, 3.8) is 0 Å². The smallest absolute Gasteiger partial charge is 0.337 e. The van der Waals surface area contributed by atoms with Crippen LogP contribution in [0, 0.1) is 0 Å². The Labute approximate surface area is 215 Å². The van der Waals surface area contributed by atoms with Crippen molar-refractivity contribution in [2.45, 2.75) is 25.8 Å². The van der Waals surface area contributed by atoms with E-state index in [1.807, 2.05) is 12.1 Å². The third-order valence-electron chi connectivity index (χ3n) is 6.70. The van der Waals surface area contributed by atoms with Crippen LogP contribution in [0.5, 0.6) is 0 Å². The van der Waals surface area contributed by atoms with E-state index < -0.39 is 17.9 Å². The first kappa shape index (κ1) is 23.1. The maximum absolute atomic E-state index is 13.8. The number of ether oxygens (including phenoxy) is 1. The lowest BCUT2D eigenvalue weighted by Crippen LogP contribution is -2.29. The Balaban J connectivity index is 1.57. The SMILES string of the molecule is COC(=O)c1ccc([C@@H]2c3c(oc4ccccc4c3=O)C(=O)N2c2nc3ccc(C(C)C)cc3s2)cc1. The molecule has 0 spiro atoms. The van der Waals surface area contributed by atoms with Crippen LogP contribution in [-0.4, -0.2) is 24.0 Å². The number of methoxy groups -OCH3 is 1. The Morgan fingerprint density at radius 3 is 2.54 bits per heavy atom. The van der Waals surface area contributed by atoms with Crippen LogP contribution in [0.2, 0.25) is 0 Å². The van der Waals surface area contributed by atoms with Crippen LogP contribution in [0.1, 0.15) is 63.4 Å². The molecule has 6 rings (SSSR count). The number of nitrogens with zero attached hydrogens (tertiary/aromatic N) is 2. The summed E-state index contributed by atoms with van der Waals surface area (Å²) in [5.74, 6) is -0.539. The van der Waals surface area contributed by atoms with Crippen molar-refractivity contribution in [1.82, 2.24) is 4.98 Å². The van der Waals surface area contributed by atoms with Gasteiger partial charge in [0.15, 0.2) is 10.6 Å². The van der Waals surface area contributed by atoms with Gasteiger partial charge in [0, 0.05) is 0 Å². The van der Waals surface area contributed by atoms with E-state index in [1.165, 1.54) is 28.9 Å². The van der Waals surface area contributed by atoms with Crippen molar-refractivity contribution in [2.75, 3.05) is 12.0 Å². The molecule has 0 unspecified atom stereocenters. The van der Waals surface area contributed by atoms with Crippen LogP contribution >= 0.6 is 11.3 Å². The first-order valence-electron chi connectivity index (χ1n) is 11.9. The lowest BCUT2D eigenvalue weighted by Gasteiger charge is -2.22. The van der Waals surface area contributed by atoms with E-state index in [0.717, 1.165) is 10.2 Å². The van der Waals surface area contributed by atoms with Crippen molar-refractivity contribution >= 4 is 49.5 Å². The van der Waals surface area contributed by atoms with Gasteiger partial charge in [-0.05, 0) is 53.4 Å². The Morgan fingerprint density at radius 2 is 1.81 bits per heavy atom. The van der Waals surface area contributed by atoms with E-state index in [2.05, 4.69) is 19.9 Å². The quantitative estimate of drug-likeness (QED) is 0.273. The number of aromatic nitrogens is 1. The van der Waals surface area contributed by atoms with Gasteiger partial charge in [0.2, 0.25) is 5.76 Å². The molecule has 0 saturated heterocycles. The van der Waals surface area contributed by atoms with Gasteiger partial charge in [-0.3, -0.25) is 14.5 Å². The number of rotatable bonds is 4. The maximum Gasteiger partial charge on any atom is 0.337 e.